The molecule has 2 heteroatoms. The number of hydrogen-bond donors (Lipinski definition) is 0. The highest BCUT2D eigenvalue weighted by Gasteiger charge is 2.33. The number of nitrogens with zero attached hydrogens (tertiary/aromatic N) is 1. The van der Waals surface area contributed by atoms with Crippen molar-refractivity contribution in [2.24, 2.45) is 0 Å². The predicted octanol–water partition coefficient (Wildman–Crippen LogP) is 2.69. The van der Waals surface area contributed by atoms with Gasteiger partial charge in [-0.15, -0.1) is 0 Å². The molecule has 0 bridgehead atoms. The van der Waals surface area contributed by atoms with E-state index in [1.165, 1.54) is 5.56 Å². The molecule has 0 saturated carbocycles. The van der Waals surface area contributed by atoms with Crippen LogP contribution < -0.4 is 0 Å². The Labute approximate surface area is 90.2 Å². The molecule has 2 heterocycles. The first kappa shape index (κ1) is 8.98. The molecule has 3 rings (SSSR count). The van der Waals surface area contributed by atoms with E-state index in [-0.39, 0.29) is 0 Å². The van der Waals surface area contributed by atoms with Crippen molar-refractivity contribution in [3.63, 3.8) is 0 Å². The average molecular weight is 201 g/mol. The minimum atomic E-state index is 0.306. The Balaban J connectivity index is 1.88. The van der Waals surface area contributed by atoms with Crippen LogP contribution in [-0.2, 0) is 4.74 Å². The average Bonchev–Trinajstić information content (AvgIpc) is 2.74. The summed E-state index contributed by atoms with van der Waals surface area (Å²) in [6.07, 6.45) is 7.00. The van der Waals surface area contributed by atoms with Crippen LogP contribution in [0.4, 0.5) is 0 Å². The Bertz CT molecular complexity index is 360. The van der Waals surface area contributed by atoms with Gasteiger partial charge in [-0.3, -0.25) is 0 Å². The van der Waals surface area contributed by atoms with E-state index in [4.69, 9.17) is 4.74 Å². The summed E-state index contributed by atoms with van der Waals surface area (Å²) >= 11 is 0. The van der Waals surface area contributed by atoms with Gasteiger partial charge in [0.05, 0.1) is 12.6 Å². The first-order valence-electron chi connectivity index (χ1n) is 5.56. The largest absolute Gasteiger partial charge is 0.356 e. The fraction of sp³-hybridized carbons (Fsp3) is 0.385. The fourth-order valence-electron chi connectivity index (χ4n) is 2.39. The van der Waals surface area contributed by atoms with Gasteiger partial charge >= 0.3 is 0 Å². The van der Waals surface area contributed by atoms with Crippen LogP contribution >= 0.6 is 0 Å². The molecule has 0 amide bonds. The normalized spacial score (nSPS) is 29.2. The van der Waals surface area contributed by atoms with E-state index in [1.807, 2.05) is 0 Å². The standard InChI is InChI=1S/C13H15NO/c1-2-6-11(7-3-1)12-10-15-13-8-4-5-9-14(12)13/h1-3,5-7,9,12-13H,4,8,10H2/t12-,13+/m0/s1. The third kappa shape index (κ3) is 1.55. The molecule has 1 aromatic rings. The predicted molar refractivity (Wildman–Crippen MR) is 59.1 cm³/mol. The van der Waals surface area contributed by atoms with Crippen molar-refractivity contribution in [3.8, 4) is 0 Å². The van der Waals surface area contributed by atoms with E-state index in [9.17, 15) is 0 Å². The highest BCUT2D eigenvalue weighted by atomic mass is 16.5. The van der Waals surface area contributed by atoms with E-state index in [2.05, 4.69) is 47.5 Å². The van der Waals surface area contributed by atoms with Gasteiger partial charge in [0.1, 0.15) is 6.23 Å². The number of allylic oxidation sites excluding steroid dienone is 1. The lowest BCUT2D eigenvalue weighted by Gasteiger charge is -2.29. The quantitative estimate of drug-likeness (QED) is 0.692. The Kier molecular flexibility index (Phi) is 2.22. The molecule has 0 aliphatic carbocycles. The second-order valence-electron chi connectivity index (χ2n) is 4.12. The first-order valence-corrected chi connectivity index (χ1v) is 5.56. The van der Waals surface area contributed by atoms with Crippen molar-refractivity contribution >= 4 is 0 Å². The molecule has 0 radical (unpaired) electrons. The van der Waals surface area contributed by atoms with Crippen LogP contribution in [0.1, 0.15) is 24.4 Å². The lowest BCUT2D eigenvalue weighted by atomic mass is 10.1. The second-order valence-corrected chi connectivity index (χ2v) is 4.12. The van der Waals surface area contributed by atoms with Crippen LogP contribution in [-0.4, -0.2) is 17.7 Å². The molecule has 2 aliphatic heterocycles. The maximum absolute atomic E-state index is 5.80. The topological polar surface area (TPSA) is 12.5 Å². The van der Waals surface area contributed by atoms with Gasteiger partial charge in [0, 0.05) is 0 Å². The van der Waals surface area contributed by atoms with Gasteiger partial charge in [0.25, 0.3) is 0 Å². The monoisotopic (exact) mass is 201 g/mol. The van der Waals surface area contributed by atoms with Crippen molar-refractivity contribution in [1.82, 2.24) is 4.90 Å². The molecule has 0 aromatic heterocycles. The molecule has 1 aromatic carbocycles. The molecular weight excluding hydrogens is 186 g/mol. The maximum Gasteiger partial charge on any atom is 0.130 e. The third-order valence-electron chi connectivity index (χ3n) is 3.18. The van der Waals surface area contributed by atoms with E-state index in [0.717, 1.165) is 19.4 Å². The van der Waals surface area contributed by atoms with Gasteiger partial charge in [0.15, 0.2) is 0 Å². The van der Waals surface area contributed by atoms with Gasteiger partial charge in [-0.1, -0.05) is 36.4 Å². The Hall–Kier alpha value is -1.28. The van der Waals surface area contributed by atoms with Crippen LogP contribution in [0.2, 0.25) is 0 Å². The van der Waals surface area contributed by atoms with Gasteiger partial charge < -0.3 is 9.64 Å². The Morgan fingerprint density at radius 3 is 2.93 bits per heavy atom. The summed E-state index contributed by atoms with van der Waals surface area (Å²) < 4.78 is 5.80. The number of fused-ring (bicyclic) bond motifs is 1. The molecule has 0 spiro atoms. The van der Waals surface area contributed by atoms with Gasteiger partial charge in [-0.2, -0.15) is 0 Å². The SMILES string of the molecule is C1=CN2[C@@H](CC1)OC[C@H]2c1ccccc1. The zero-order valence-electron chi connectivity index (χ0n) is 8.67. The molecule has 1 saturated heterocycles. The van der Waals surface area contributed by atoms with E-state index in [1.54, 1.807) is 0 Å². The summed E-state index contributed by atoms with van der Waals surface area (Å²) in [6, 6.07) is 11.0. The summed E-state index contributed by atoms with van der Waals surface area (Å²) in [7, 11) is 0. The summed E-state index contributed by atoms with van der Waals surface area (Å²) in [5.41, 5.74) is 1.35. The fourth-order valence-corrected chi connectivity index (χ4v) is 2.39. The van der Waals surface area contributed by atoms with Crippen LogP contribution in [0.5, 0.6) is 0 Å². The van der Waals surface area contributed by atoms with Crippen molar-refractivity contribution < 1.29 is 4.74 Å². The molecule has 2 atom stereocenters. The van der Waals surface area contributed by atoms with Gasteiger partial charge in [0.2, 0.25) is 0 Å². The van der Waals surface area contributed by atoms with Crippen LogP contribution in [0.25, 0.3) is 0 Å². The molecule has 15 heavy (non-hydrogen) atoms. The van der Waals surface area contributed by atoms with Crippen molar-refractivity contribution in [3.05, 3.63) is 48.2 Å². The summed E-state index contributed by atoms with van der Waals surface area (Å²) in [5.74, 6) is 0. The maximum atomic E-state index is 5.80. The highest BCUT2D eigenvalue weighted by Crippen LogP contribution is 2.34. The molecule has 2 nitrogen and oxygen atoms in total. The van der Waals surface area contributed by atoms with E-state index in [0.29, 0.717) is 12.3 Å². The summed E-state index contributed by atoms with van der Waals surface area (Å²) in [4.78, 5) is 2.35. The summed E-state index contributed by atoms with van der Waals surface area (Å²) in [5, 5.41) is 0. The smallest absolute Gasteiger partial charge is 0.130 e. The van der Waals surface area contributed by atoms with Gasteiger partial charge in [-0.05, 0) is 24.6 Å². The minimum absolute atomic E-state index is 0.306. The molecular formula is C13H15NO. The van der Waals surface area contributed by atoms with Crippen molar-refractivity contribution in [1.29, 1.82) is 0 Å². The number of rotatable bonds is 1. The second kappa shape index (κ2) is 3.70. The molecule has 78 valence electrons. The lowest BCUT2D eigenvalue weighted by Crippen LogP contribution is -2.29. The van der Waals surface area contributed by atoms with Crippen LogP contribution in [0, 0.1) is 0 Å². The van der Waals surface area contributed by atoms with Crippen LogP contribution in [0.3, 0.4) is 0 Å². The lowest BCUT2D eigenvalue weighted by molar-refractivity contribution is 0.0427. The molecule has 0 N–H and O–H groups in total. The summed E-state index contributed by atoms with van der Waals surface area (Å²) in [6.45, 7) is 0.818. The van der Waals surface area contributed by atoms with Crippen molar-refractivity contribution in [2.75, 3.05) is 6.61 Å². The first-order chi connectivity index (χ1) is 7.45. The van der Waals surface area contributed by atoms with Gasteiger partial charge in [-0.25, -0.2) is 0 Å². The molecule has 2 aliphatic rings. The zero-order chi connectivity index (χ0) is 10.1. The third-order valence-corrected chi connectivity index (χ3v) is 3.18. The molecule has 0 unspecified atom stereocenters. The molecule has 1 fully saturated rings. The van der Waals surface area contributed by atoms with E-state index >= 15 is 0 Å². The Morgan fingerprint density at radius 2 is 2.07 bits per heavy atom. The number of benzene rings is 1. The zero-order valence-corrected chi connectivity index (χ0v) is 8.67. The minimum Gasteiger partial charge on any atom is -0.356 e. The van der Waals surface area contributed by atoms with Crippen molar-refractivity contribution in [2.45, 2.75) is 25.1 Å². The Morgan fingerprint density at radius 1 is 1.20 bits per heavy atom. The van der Waals surface area contributed by atoms with E-state index < -0.39 is 0 Å². The highest BCUT2D eigenvalue weighted by molar-refractivity contribution is 5.21. The number of ether oxygens (including phenoxy) is 1. The van der Waals surface area contributed by atoms with Crippen LogP contribution in [0.15, 0.2) is 42.6 Å². The number of hydrogen-bond acceptors (Lipinski definition) is 2.